The van der Waals surface area contributed by atoms with Gasteiger partial charge in [-0.3, -0.25) is 9.59 Å². The van der Waals surface area contributed by atoms with Crippen molar-refractivity contribution in [1.82, 2.24) is 0 Å². The lowest BCUT2D eigenvalue weighted by Crippen LogP contribution is -2.44. The smallest absolute Gasteiger partial charge is 0.318 e. The summed E-state index contributed by atoms with van der Waals surface area (Å²) >= 11 is 0. The Balaban J connectivity index is 2.15. The number of hydrogen-bond donors (Lipinski definition) is 0. The number of benzene rings is 1. The van der Waals surface area contributed by atoms with E-state index in [4.69, 9.17) is 4.74 Å². The number of para-hydroxylation sites is 1. The molecule has 1 aromatic rings. The normalized spacial score (nSPS) is 19.7. The molecule has 0 spiro atoms. The third-order valence-electron chi connectivity index (χ3n) is 3.08. The zero-order valence-corrected chi connectivity index (χ0v) is 10.5. The van der Waals surface area contributed by atoms with E-state index < -0.39 is 11.9 Å². The molecule has 1 aliphatic heterocycles. The van der Waals surface area contributed by atoms with E-state index in [9.17, 15) is 9.59 Å². The molecule has 0 aromatic heterocycles. The molecule has 0 saturated carbocycles. The van der Waals surface area contributed by atoms with Crippen LogP contribution in [0.3, 0.4) is 0 Å². The minimum absolute atomic E-state index is 0.147. The molecule has 4 heteroatoms. The van der Waals surface area contributed by atoms with Crippen LogP contribution >= 0.6 is 0 Å². The molecule has 1 saturated heterocycles. The first-order valence-corrected chi connectivity index (χ1v) is 6.27. The number of rotatable bonds is 3. The first-order chi connectivity index (χ1) is 8.74. The highest BCUT2D eigenvalue weighted by Gasteiger charge is 2.35. The molecule has 0 aliphatic carbocycles. The van der Waals surface area contributed by atoms with Crippen molar-refractivity contribution in [1.29, 1.82) is 0 Å². The van der Waals surface area contributed by atoms with Crippen molar-refractivity contribution in [2.24, 2.45) is 5.92 Å². The van der Waals surface area contributed by atoms with Gasteiger partial charge in [-0.05, 0) is 31.9 Å². The van der Waals surface area contributed by atoms with Crippen LogP contribution < -0.4 is 4.90 Å². The molecule has 1 aliphatic rings. The Morgan fingerprint density at radius 1 is 1.39 bits per heavy atom. The van der Waals surface area contributed by atoms with E-state index in [1.807, 2.05) is 30.3 Å². The molecule has 1 unspecified atom stereocenters. The minimum Gasteiger partial charge on any atom is -0.465 e. The first-order valence-electron chi connectivity index (χ1n) is 6.27. The topological polar surface area (TPSA) is 46.6 Å². The Morgan fingerprint density at radius 3 is 2.78 bits per heavy atom. The van der Waals surface area contributed by atoms with Gasteiger partial charge in [0, 0.05) is 12.2 Å². The Kier molecular flexibility index (Phi) is 3.97. The molecule has 4 nitrogen and oxygen atoms in total. The van der Waals surface area contributed by atoms with Crippen molar-refractivity contribution in [2.75, 3.05) is 18.1 Å². The molecule has 18 heavy (non-hydrogen) atoms. The molecule has 1 heterocycles. The molecular formula is C14H17NO3. The zero-order chi connectivity index (χ0) is 13.0. The van der Waals surface area contributed by atoms with Gasteiger partial charge in [0.2, 0.25) is 5.91 Å². The van der Waals surface area contributed by atoms with Gasteiger partial charge in [0.15, 0.2) is 0 Å². The summed E-state index contributed by atoms with van der Waals surface area (Å²) in [7, 11) is 0. The molecule has 1 atom stereocenters. The van der Waals surface area contributed by atoms with E-state index in [0.29, 0.717) is 19.6 Å². The van der Waals surface area contributed by atoms with Crippen LogP contribution in [0.2, 0.25) is 0 Å². The number of amides is 1. The van der Waals surface area contributed by atoms with E-state index in [-0.39, 0.29) is 5.91 Å². The van der Waals surface area contributed by atoms with Crippen LogP contribution in [0.25, 0.3) is 0 Å². The fraction of sp³-hybridized carbons (Fsp3) is 0.429. The molecule has 0 radical (unpaired) electrons. The van der Waals surface area contributed by atoms with Crippen LogP contribution in [0.15, 0.2) is 30.3 Å². The number of hydrogen-bond acceptors (Lipinski definition) is 3. The fourth-order valence-corrected chi connectivity index (χ4v) is 2.20. The number of anilines is 1. The quantitative estimate of drug-likeness (QED) is 0.606. The Morgan fingerprint density at radius 2 is 2.11 bits per heavy atom. The lowest BCUT2D eigenvalue weighted by Gasteiger charge is -2.31. The molecule has 1 fully saturated rings. The van der Waals surface area contributed by atoms with Gasteiger partial charge in [-0.15, -0.1) is 0 Å². The van der Waals surface area contributed by atoms with Crippen LogP contribution in [-0.2, 0) is 14.3 Å². The van der Waals surface area contributed by atoms with Crippen molar-refractivity contribution >= 4 is 17.6 Å². The summed E-state index contributed by atoms with van der Waals surface area (Å²) in [6.45, 7) is 2.73. The number of carbonyl (C=O) groups excluding carboxylic acids is 2. The predicted octanol–water partition coefficient (Wildman–Crippen LogP) is 1.99. The van der Waals surface area contributed by atoms with Crippen LogP contribution in [0.1, 0.15) is 19.8 Å². The summed E-state index contributed by atoms with van der Waals surface area (Å²) in [5, 5.41) is 0. The fourth-order valence-electron chi connectivity index (χ4n) is 2.20. The van der Waals surface area contributed by atoms with Crippen molar-refractivity contribution in [3.8, 4) is 0 Å². The van der Waals surface area contributed by atoms with Gasteiger partial charge in [-0.25, -0.2) is 0 Å². The van der Waals surface area contributed by atoms with E-state index >= 15 is 0 Å². The third kappa shape index (κ3) is 2.53. The Bertz CT molecular complexity index is 430. The van der Waals surface area contributed by atoms with E-state index in [1.54, 1.807) is 11.8 Å². The average Bonchev–Trinajstić information content (AvgIpc) is 2.40. The van der Waals surface area contributed by atoms with Gasteiger partial charge in [0.1, 0.15) is 5.92 Å². The summed E-state index contributed by atoms with van der Waals surface area (Å²) in [6.07, 6.45) is 1.41. The Labute approximate surface area is 107 Å². The number of piperidine rings is 1. The average molecular weight is 247 g/mol. The lowest BCUT2D eigenvalue weighted by molar-refractivity contribution is -0.152. The predicted molar refractivity (Wildman–Crippen MR) is 68.2 cm³/mol. The second-order valence-corrected chi connectivity index (χ2v) is 4.27. The lowest BCUT2D eigenvalue weighted by atomic mass is 9.96. The minimum atomic E-state index is -0.640. The maximum atomic E-state index is 12.3. The van der Waals surface area contributed by atoms with Crippen molar-refractivity contribution in [3.63, 3.8) is 0 Å². The number of esters is 1. The van der Waals surface area contributed by atoms with Gasteiger partial charge < -0.3 is 9.64 Å². The van der Waals surface area contributed by atoms with Gasteiger partial charge in [0.25, 0.3) is 0 Å². The second kappa shape index (κ2) is 5.67. The van der Waals surface area contributed by atoms with Gasteiger partial charge in [-0.1, -0.05) is 18.2 Å². The summed E-state index contributed by atoms with van der Waals surface area (Å²) in [5.41, 5.74) is 0.844. The van der Waals surface area contributed by atoms with Crippen molar-refractivity contribution in [2.45, 2.75) is 19.8 Å². The van der Waals surface area contributed by atoms with E-state index in [0.717, 1.165) is 12.1 Å². The van der Waals surface area contributed by atoms with Crippen molar-refractivity contribution < 1.29 is 14.3 Å². The van der Waals surface area contributed by atoms with Crippen molar-refractivity contribution in [3.05, 3.63) is 30.3 Å². The maximum absolute atomic E-state index is 12.3. The highest BCUT2D eigenvalue weighted by atomic mass is 16.5. The Hall–Kier alpha value is -1.84. The third-order valence-corrected chi connectivity index (χ3v) is 3.08. The standard InChI is InChI=1S/C14H17NO3/c1-2-18-14(17)12-9-6-10-15(13(12)16)11-7-4-3-5-8-11/h3-5,7-8,12H,2,6,9-10H2,1H3. The highest BCUT2D eigenvalue weighted by Crippen LogP contribution is 2.24. The van der Waals surface area contributed by atoms with Crippen LogP contribution in [-0.4, -0.2) is 25.0 Å². The summed E-state index contributed by atoms with van der Waals surface area (Å²) < 4.78 is 4.95. The maximum Gasteiger partial charge on any atom is 0.318 e. The van der Waals surface area contributed by atoms with E-state index in [1.165, 1.54) is 0 Å². The van der Waals surface area contributed by atoms with E-state index in [2.05, 4.69) is 0 Å². The van der Waals surface area contributed by atoms with Gasteiger partial charge in [-0.2, -0.15) is 0 Å². The zero-order valence-electron chi connectivity index (χ0n) is 10.5. The summed E-state index contributed by atoms with van der Waals surface area (Å²) in [4.78, 5) is 25.7. The largest absolute Gasteiger partial charge is 0.465 e. The SMILES string of the molecule is CCOC(=O)C1CCCN(c2ccccc2)C1=O. The summed E-state index contributed by atoms with van der Waals surface area (Å²) in [5.74, 6) is -1.19. The van der Waals surface area contributed by atoms with Gasteiger partial charge in [0.05, 0.1) is 6.61 Å². The van der Waals surface area contributed by atoms with Crippen LogP contribution in [0.5, 0.6) is 0 Å². The van der Waals surface area contributed by atoms with Gasteiger partial charge >= 0.3 is 5.97 Å². The summed E-state index contributed by atoms with van der Waals surface area (Å²) in [6, 6.07) is 9.44. The number of ether oxygens (including phenoxy) is 1. The molecule has 96 valence electrons. The molecule has 1 amide bonds. The van der Waals surface area contributed by atoms with Crippen LogP contribution in [0, 0.1) is 5.92 Å². The molecule has 0 N–H and O–H groups in total. The molecule has 1 aromatic carbocycles. The molecule has 0 bridgehead atoms. The molecular weight excluding hydrogens is 230 g/mol. The second-order valence-electron chi connectivity index (χ2n) is 4.27. The molecule has 2 rings (SSSR count). The first kappa shape index (κ1) is 12.6. The number of carbonyl (C=O) groups is 2. The highest BCUT2D eigenvalue weighted by molar-refractivity contribution is 6.06. The van der Waals surface area contributed by atoms with Crippen LogP contribution in [0.4, 0.5) is 5.69 Å². The monoisotopic (exact) mass is 247 g/mol. The number of nitrogens with zero attached hydrogens (tertiary/aromatic N) is 1.